The second kappa shape index (κ2) is 6.29. The van der Waals surface area contributed by atoms with Crippen LogP contribution >= 0.6 is 0 Å². The first kappa shape index (κ1) is 15.3. The van der Waals surface area contributed by atoms with Crippen molar-refractivity contribution in [3.05, 3.63) is 59.8 Å². The Bertz CT molecular complexity index is 823. The van der Waals surface area contributed by atoms with E-state index in [1.165, 1.54) is 11.1 Å². The maximum absolute atomic E-state index is 6.05. The van der Waals surface area contributed by atoms with Crippen LogP contribution in [0.15, 0.2) is 48.7 Å². The lowest BCUT2D eigenvalue weighted by atomic mass is 9.96. The molecule has 0 atom stereocenters. The topological polar surface area (TPSA) is 48.1 Å². The number of ether oxygens (including phenoxy) is 1. The first-order chi connectivity index (χ1) is 11.0. The smallest absolute Gasteiger partial charge is 0.138 e. The van der Waals surface area contributed by atoms with Crippen molar-refractivity contribution < 1.29 is 4.74 Å². The normalized spacial score (nSPS) is 11.1. The monoisotopic (exact) mass is 306 g/mol. The van der Waals surface area contributed by atoms with Gasteiger partial charge in [0.1, 0.15) is 11.5 Å². The van der Waals surface area contributed by atoms with Crippen molar-refractivity contribution in [2.24, 2.45) is 5.92 Å². The number of hydrogen-bond donors (Lipinski definition) is 1. The van der Waals surface area contributed by atoms with Crippen LogP contribution in [0.25, 0.3) is 10.9 Å². The SMILES string of the molecule is Cc1cc2nccc(Oc3ccc(N)cc3)c2cc1CC(C)C. The quantitative estimate of drug-likeness (QED) is 0.681. The van der Waals surface area contributed by atoms with E-state index in [0.29, 0.717) is 5.92 Å². The number of pyridine rings is 1. The van der Waals surface area contributed by atoms with Gasteiger partial charge in [0, 0.05) is 17.3 Å². The van der Waals surface area contributed by atoms with Gasteiger partial charge < -0.3 is 10.5 Å². The predicted molar refractivity (Wildman–Crippen MR) is 96.0 cm³/mol. The first-order valence-electron chi connectivity index (χ1n) is 7.94. The van der Waals surface area contributed by atoms with E-state index >= 15 is 0 Å². The van der Waals surface area contributed by atoms with Crippen LogP contribution in [0.4, 0.5) is 5.69 Å². The summed E-state index contributed by atoms with van der Waals surface area (Å²) in [5.41, 5.74) is 10.0. The molecule has 2 aromatic carbocycles. The van der Waals surface area contributed by atoms with Gasteiger partial charge >= 0.3 is 0 Å². The Morgan fingerprint density at radius 3 is 2.52 bits per heavy atom. The Balaban J connectivity index is 2.04. The summed E-state index contributed by atoms with van der Waals surface area (Å²) in [5.74, 6) is 2.21. The molecule has 0 bridgehead atoms. The van der Waals surface area contributed by atoms with E-state index in [1.54, 1.807) is 6.20 Å². The molecular formula is C20H22N2O. The van der Waals surface area contributed by atoms with Crippen LogP contribution < -0.4 is 10.5 Å². The fourth-order valence-electron chi connectivity index (χ4n) is 2.73. The molecule has 3 heteroatoms. The third-order valence-electron chi connectivity index (χ3n) is 3.90. The van der Waals surface area contributed by atoms with E-state index in [-0.39, 0.29) is 0 Å². The summed E-state index contributed by atoms with van der Waals surface area (Å²) in [6, 6.07) is 13.7. The number of aryl methyl sites for hydroxylation is 1. The highest BCUT2D eigenvalue weighted by atomic mass is 16.5. The standard InChI is InChI=1S/C20H22N2O/c1-13(2)10-15-12-18-19(11-14(15)3)22-9-8-20(18)23-17-6-4-16(21)5-7-17/h4-9,11-13H,10,21H2,1-3H3. The molecule has 3 rings (SSSR count). The summed E-state index contributed by atoms with van der Waals surface area (Å²) >= 11 is 0. The first-order valence-corrected chi connectivity index (χ1v) is 7.94. The van der Waals surface area contributed by atoms with Crippen LogP contribution in [0.2, 0.25) is 0 Å². The Hall–Kier alpha value is -2.55. The van der Waals surface area contributed by atoms with Crippen molar-refractivity contribution in [1.29, 1.82) is 0 Å². The van der Waals surface area contributed by atoms with Crippen molar-refractivity contribution in [3.8, 4) is 11.5 Å². The minimum Gasteiger partial charge on any atom is -0.457 e. The molecule has 0 aliphatic heterocycles. The van der Waals surface area contributed by atoms with Crippen molar-refractivity contribution >= 4 is 16.6 Å². The number of aromatic nitrogens is 1. The molecule has 0 saturated carbocycles. The molecule has 3 aromatic rings. The number of nitrogen functional groups attached to an aromatic ring is 1. The number of nitrogens with zero attached hydrogens (tertiary/aromatic N) is 1. The highest BCUT2D eigenvalue weighted by Gasteiger charge is 2.09. The molecule has 0 fully saturated rings. The summed E-state index contributed by atoms with van der Waals surface area (Å²) in [6.07, 6.45) is 2.84. The predicted octanol–water partition coefficient (Wildman–Crippen LogP) is 5.12. The molecule has 1 heterocycles. The molecule has 118 valence electrons. The van der Waals surface area contributed by atoms with Gasteiger partial charge in [0.25, 0.3) is 0 Å². The molecule has 0 spiro atoms. The highest BCUT2D eigenvalue weighted by molar-refractivity contribution is 5.86. The molecular weight excluding hydrogens is 284 g/mol. The third kappa shape index (κ3) is 3.45. The van der Waals surface area contributed by atoms with Crippen molar-refractivity contribution in [3.63, 3.8) is 0 Å². The fraction of sp³-hybridized carbons (Fsp3) is 0.250. The number of nitrogens with two attached hydrogens (primary N) is 1. The van der Waals surface area contributed by atoms with Gasteiger partial charge in [0.2, 0.25) is 0 Å². The second-order valence-corrected chi connectivity index (χ2v) is 6.37. The van der Waals surface area contributed by atoms with Crippen LogP contribution in [-0.2, 0) is 6.42 Å². The molecule has 3 nitrogen and oxygen atoms in total. The van der Waals surface area contributed by atoms with Gasteiger partial charge in [0.05, 0.1) is 5.52 Å². The van der Waals surface area contributed by atoms with Crippen molar-refractivity contribution in [2.75, 3.05) is 5.73 Å². The zero-order chi connectivity index (χ0) is 16.4. The lowest BCUT2D eigenvalue weighted by Crippen LogP contribution is -1.98. The molecule has 23 heavy (non-hydrogen) atoms. The fourth-order valence-corrected chi connectivity index (χ4v) is 2.73. The Morgan fingerprint density at radius 2 is 1.83 bits per heavy atom. The minimum atomic E-state index is 0.615. The van der Waals surface area contributed by atoms with Crippen LogP contribution in [0.3, 0.4) is 0 Å². The third-order valence-corrected chi connectivity index (χ3v) is 3.90. The maximum atomic E-state index is 6.05. The molecule has 1 aromatic heterocycles. The van der Waals surface area contributed by atoms with Gasteiger partial charge in [-0.05, 0) is 72.9 Å². The zero-order valence-corrected chi connectivity index (χ0v) is 13.8. The summed E-state index contributed by atoms with van der Waals surface area (Å²) in [4.78, 5) is 4.48. The van der Waals surface area contributed by atoms with E-state index in [1.807, 2.05) is 30.3 Å². The van der Waals surface area contributed by atoms with Crippen LogP contribution in [0.1, 0.15) is 25.0 Å². The molecule has 0 amide bonds. The molecule has 0 unspecified atom stereocenters. The highest BCUT2D eigenvalue weighted by Crippen LogP contribution is 2.31. The summed E-state index contributed by atoms with van der Waals surface area (Å²) in [7, 11) is 0. The van der Waals surface area contributed by atoms with Crippen LogP contribution in [-0.4, -0.2) is 4.98 Å². The lowest BCUT2D eigenvalue weighted by Gasteiger charge is -2.13. The summed E-state index contributed by atoms with van der Waals surface area (Å²) < 4.78 is 6.05. The minimum absolute atomic E-state index is 0.615. The number of fused-ring (bicyclic) bond motifs is 1. The van der Waals surface area contributed by atoms with Crippen LogP contribution in [0, 0.1) is 12.8 Å². The molecule has 0 aliphatic rings. The van der Waals surface area contributed by atoms with E-state index in [4.69, 9.17) is 10.5 Å². The van der Waals surface area contributed by atoms with E-state index in [0.717, 1.165) is 34.5 Å². The van der Waals surface area contributed by atoms with Crippen molar-refractivity contribution in [2.45, 2.75) is 27.2 Å². The Labute approximate surface area is 137 Å². The Kier molecular flexibility index (Phi) is 4.20. The molecule has 0 aliphatic carbocycles. The average Bonchev–Trinajstić information content (AvgIpc) is 2.50. The van der Waals surface area contributed by atoms with E-state index < -0.39 is 0 Å². The molecule has 0 saturated heterocycles. The molecule has 2 N–H and O–H groups in total. The van der Waals surface area contributed by atoms with Crippen LogP contribution in [0.5, 0.6) is 11.5 Å². The maximum Gasteiger partial charge on any atom is 0.138 e. The van der Waals surface area contributed by atoms with Gasteiger partial charge in [0.15, 0.2) is 0 Å². The summed E-state index contributed by atoms with van der Waals surface area (Å²) in [6.45, 7) is 6.61. The number of benzene rings is 2. The lowest BCUT2D eigenvalue weighted by molar-refractivity contribution is 0.488. The number of rotatable bonds is 4. The Morgan fingerprint density at radius 1 is 1.09 bits per heavy atom. The van der Waals surface area contributed by atoms with Gasteiger partial charge in [-0.25, -0.2) is 0 Å². The van der Waals surface area contributed by atoms with Crippen molar-refractivity contribution in [1.82, 2.24) is 4.98 Å². The van der Waals surface area contributed by atoms with E-state index in [9.17, 15) is 0 Å². The number of anilines is 1. The van der Waals surface area contributed by atoms with Gasteiger partial charge in [-0.15, -0.1) is 0 Å². The zero-order valence-electron chi connectivity index (χ0n) is 13.8. The number of hydrogen-bond acceptors (Lipinski definition) is 3. The van der Waals surface area contributed by atoms with Gasteiger partial charge in [-0.2, -0.15) is 0 Å². The second-order valence-electron chi connectivity index (χ2n) is 6.37. The van der Waals surface area contributed by atoms with Gasteiger partial charge in [-0.3, -0.25) is 4.98 Å². The summed E-state index contributed by atoms with van der Waals surface area (Å²) in [5, 5.41) is 1.05. The largest absolute Gasteiger partial charge is 0.457 e. The molecule has 0 radical (unpaired) electrons. The van der Waals surface area contributed by atoms with E-state index in [2.05, 4.69) is 37.9 Å². The van der Waals surface area contributed by atoms with Gasteiger partial charge in [-0.1, -0.05) is 13.8 Å². The average molecular weight is 306 g/mol.